The lowest BCUT2D eigenvalue weighted by Crippen LogP contribution is -2.63. The van der Waals surface area contributed by atoms with E-state index in [0.717, 1.165) is 49.9 Å². The van der Waals surface area contributed by atoms with Gasteiger partial charge in [0, 0.05) is 48.2 Å². The summed E-state index contributed by atoms with van der Waals surface area (Å²) in [6.07, 6.45) is 0.247. The quantitative estimate of drug-likeness (QED) is 0.538. The molecule has 0 aromatic heterocycles. The largest absolute Gasteiger partial charge is 0.477 e. The monoisotopic (exact) mass is 422 g/mol. The molecule has 0 saturated carbocycles. The van der Waals surface area contributed by atoms with Crippen molar-refractivity contribution >= 4 is 29.5 Å². The van der Waals surface area contributed by atoms with Crippen molar-refractivity contribution in [2.75, 3.05) is 32.7 Å². The number of carbonyl (C=O) groups excluding carboxylic acids is 1. The highest BCUT2D eigenvalue weighted by atomic mass is 32.2. The van der Waals surface area contributed by atoms with Gasteiger partial charge < -0.3 is 25.3 Å². The highest BCUT2D eigenvalue weighted by molar-refractivity contribution is 8.03. The van der Waals surface area contributed by atoms with E-state index in [1.807, 2.05) is 13.8 Å². The lowest BCUT2D eigenvalue weighted by molar-refractivity contribution is -0.163. The van der Waals surface area contributed by atoms with Crippen LogP contribution in [0.2, 0.25) is 0 Å². The minimum absolute atomic E-state index is 0.0580. The van der Waals surface area contributed by atoms with E-state index in [9.17, 15) is 19.8 Å². The van der Waals surface area contributed by atoms with Gasteiger partial charge in [-0.05, 0) is 26.8 Å². The molecule has 4 heterocycles. The Hall–Kier alpha value is -1.58. The molecule has 0 aromatic carbocycles. The van der Waals surface area contributed by atoms with Gasteiger partial charge in [0.2, 0.25) is 5.91 Å². The smallest absolute Gasteiger partial charge is 0.353 e. The number of likely N-dealkylation sites (tertiary alicyclic amines) is 1. The van der Waals surface area contributed by atoms with E-state index >= 15 is 0 Å². The molecule has 0 radical (unpaired) electrons. The Morgan fingerprint density at radius 3 is 2.83 bits per heavy atom. The Bertz CT molecular complexity index is 768. The number of rotatable bonds is 6. The Balaban J connectivity index is 1.41. The number of fused-ring (bicyclic) bond motifs is 1. The molecule has 4 aliphatic rings. The predicted octanol–water partition coefficient (Wildman–Crippen LogP) is 0.585. The number of aliphatic hydroxyl groups is 1. The molecule has 3 N–H and O–H groups in total. The fourth-order valence-corrected chi connectivity index (χ4v) is 6.60. The molecular formula is C20H30N4O4S. The lowest BCUT2D eigenvalue weighted by atomic mass is 9.79. The maximum Gasteiger partial charge on any atom is 0.353 e. The van der Waals surface area contributed by atoms with Gasteiger partial charge in [-0.2, -0.15) is 0 Å². The van der Waals surface area contributed by atoms with Crippen LogP contribution in [0.4, 0.5) is 0 Å². The first kappa shape index (κ1) is 20.7. The zero-order chi connectivity index (χ0) is 20.9. The molecule has 4 rings (SSSR count). The van der Waals surface area contributed by atoms with Crippen LogP contribution in [-0.2, 0) is 9.59 Å². The number of carbonyl (C=O) groups is 2. The summed E-state index contributed by atoms with van der Waals surface area (Å²) in [4.78, 5) is 33.5. The number of nitrogens with zero attached hydrogens (tertiary/aromatic N) is 3. The molecule has 0 spiro atoms. The molecule has 0 aromatic rings. The number of carboxylic acids is 1. The normalized spacial score (nSPS) is 35.9. The average molecular weight is 423 g/mol. The number of hydrogen-bond donors (Lipinski definition) is 3. The molecular weight excluding hydrogens is 392 g/mol. The highest BCUT2D eigenvalue weighted by Gasteiger charge is 2.60. The van der Waals surface area contributed by atoms with Crippen molar-refractivity contribution in [1.29, 1.82) is 0 Å². The molecule has 2 saturated heterocycles. The van der Waals surface area contributed by atoms with Crippen molar-refractivity contribution in [3.05, 3.63) is 10.6 Å². The summed E-state index contributed by atoms with van der Waals surface area (Å²) in [6, 6.07) is -0.233. The third kappa shape index (κ3) is 3.68. The summed E-state index contributed by atoms with van der Waals surface area (Å²) in [7, 11) is 0. The number of aliphatic hydroxyl groups excluding tert-OH is 1. The van der Waals surface area contributed by atoms with Crippen molar-refractivity contribution < 1.29 is 19.8 Å². The molecule has 8 nitrogen and oxygen atoms in total. The van der Waals surface area contributed by atoms with E-state index in [2.05, 4.69) is 15.2 Å². The zero-order valence-electron chi connectivity index (χ0n) is 17.2. The van der Waals surface area contributed by atoms with Gasteiger partial charge in [-0.15, -0.1) is 11.8 Å². The minimum Gasteiger partial charge on any atom is -0.477 e. The zero-order valence-corrected chi connectivity index (χ0v) is 18.0. The van der Waals surface area contributed by atoms with Crippen LogP contribution < -0.4 is 5.32 Å². The Labute approximate surface area is 175 Å². The van der Waals surface area contributed by atoms with Crippen LogP contribution in [0.15, 0.2) is 15.6 Å². The topological polar surface area (TPSA) is 105 Å². The molecule has 6 atom stereocenters. The van der Waals surface area contributed by atoms with Crippen molar-refractivity contribution in [2.24, 2.45) is 22.7 Å². The minimum atomic E-state index is -1.05. The van der Waals surface area contributed by atoms with E-state index < -0.39 is 18.0 Å². The standard InChI is InChI=1S/C20H30N4O4S/c1-10-16-15(11(2)25)19(26)24(16)17(20(27)28)18(10)29-14-4-5-23(9-14)8-13-6-21-12(3)22-7-13/h10-11,13-16,25H,4-9H2,1-3H3,(H,21,22)(H,27,28)/t10-,11-,14-,15-,16-/m1/s1. The van der Waals surface area contributed by atoms with Gasteiger partial charge in [0.25, 0.3) is 0 Å². The number of β-lactam (4-membered cyclic amide) rings is 1. The fraction of sp³-hybridized carbons (Fsp3) is 0.750. The molecule has 4 aliphatic heterocycles. The van der Waals surface area contributed by atoms with Gasteiger partial charge in [0.05, 0.1) is 23.9 Å². The summed E-state index contributed by atoms with van der Waals surface area (Å²) >= 11 is 1.63. The summed E-state index contributed by atoms with van der Waals surface area (Å²) in [5.74, 6) is -0.353. The molecule has 0 bridgehead atoms. The number of amidine groups is 1. The number of nitrogens with one attached hydrogen (secondary N) is 1. The number of carboxylic acid groups (broad SMARTS) is 1. The van der Waals surface area contributed by atoms with Crippen LogP contribution in [0, 0.1) is 17.8 Å². The molecule has 1 unspecified atom stereocenters. The summed E-state index contributed by atoms with van der Waals surface area (Å²) in [5, 5.41) is 23.4. The Morgan fingerprint density at radius 1 is 1.45 bits per heavy atom. The van der Waals surface area contributed by atoms with Gasteiger partial charge in [-0.25, -0.2) is 4.79 Å². The number of aliphatic carboxylic acids is 1. The second-order valence-electron chi connectivity index (χ2n) is 8.73. The highest BCUT2D eigenvalue weighted by Crippen LogP contribution is 2.51. The van der Waals surface area contributed by atoms with Gasteiger partial charge in [0.15, 0.2) is 0 Å². The van der Waals surface area contributed by atoms with Crippen molar-refractivity contribution in [3.8, 4) is 0 Å². The first-order chi connectivity index (χ1) is 13.8. The molecule has 9 heteroatoms. The fourth-order valence-electron chi connectivity index (χ4n) is 5.08. The first-order valence-electron chi connectivity index (χ1n) is 10.4. The van der Waals surface area contributed by atoms with E-state index in [0.29, 0.717) is 11.2 Å². The van der Waals surface area contributed by atoms with Gasteiger partial charge in [0.1, 0.15) is 5.70 Å². The number of aliphatic imine (C=N–C) groups is 1. The first-order valence-corrected chi connectivity index (χ1v) is 11.3. The maximum atomic E-state index is 12.5. The van der Waals surface area contributed by atoms with Crippen LogP contribution in [0.1, 0.15) is 27.2 Å². The average Bonchev–Trinajstić information content (AvgIpc) is 3.18. The number of hydrogen-bond acceptors (Lipinski definition) is 7. The third-order valence-corrected chi connectivity index (χ3v) is 8.12. The van der Waals surface area contributed by atoms with E-state index in [4.69, 9.17) is 0 Å². The summed E-state index contributed by atoms with van der Waals surface area (Å²) in [5.41, 5.74) is 0.133. The molecule has 160 valence electrons. The van der Waals surface area contributed by atoms with Crippen molar-refractivity contribution in [3.63, 3.8) is 0 Å². The second kappa shape index (κ2) is 7.92. The van der Waals surface area contributed by atoms with Crippen LogP contribution in [-0.4, -0.2) is 87.8 Å². The summed E-state index contributed by atoms with van der Waals surface area (Å²) in [6.45, 7) is 10.3. The maximum absolute atomic E-state index is 12.5. The molecule has 29 heavy (non-hydrogen) atoms. The van der Waals surface area contributed by atoms with E-state index in [-0.39, 0.29) is 23.6 Å². The second-order valence-corrected chi connectivity index (χ2v) is 10.1. The van der Waals surface area contributed by atoms with Gasteiger partial charge >= 0.3 is 5.97 Å². The molecule has 0 aliphatic carbocycles. The van der Waals surface area contributed by atoms with Crippen molar-refractivity contribution in [1.82, 2.24) is 15.1 Å². The van der Waals surface area contributed by atoms with Crippen LogP contribution >= 0.6 is 11.8 Å². The van der Waals surface area contributed by atoms with Crippen LogP contribution in [0.5, 0.6) is 0 Å². The van der Waals surface area contributed by atoms with Gasteiger partial charge in [-0.3, -0.25) is 9.79 Å². The van der Waals surface area contributed by atoms with Gasteiger partial charge in [-0.1, -0.05) is 6.92 Å². The Morgan fingerprint density at radius 2 is 2.21 bits per heavy atom. The molecule has 1 amide bonds. The number of thioether (sulfide) groups is 1. The lowest BCUT2D eigenvalue weighted by Gasteiger charge is -2.46. The predicted molar refractivity (Wildman–Crippen MR) is 112 cm³/mol. The van der Waals surface area contributed by atoms with Crippen LogP contribution in [0.3, 0.4) is 0 Å². The Kier molecular flexibility index (Phi) is 5.65. The SMILES string of the molecule is CC1=NCC(CN2CC[C@@H](SC3=C(C(=O)O)N4C(=O)[C@H]([C@@H](C)O)[C@H]4[C@H]3C)C2)CN1. The van der Waals surface area contributed by atoms with E-state index in [1.165, 1.54) is 4.90 Å². The number of amides is 1. The summed E-state index contributed by atoms with van der Waals surface area (Å²) < 4.78 is 0. The molecule has 2 fully saturated rings. The van der Waals surface area contributed by atoms with E-state index in [1.54, 1.807) is 18.7 Å². The van der Waals surface area contributed by atoms with Crippen molar-refractivity contribution in [2.45, 2.75) is 44.6 Å². The third-order valence-electron chi connectivity index (χ3n) is 6.58. The van der Waals surface area contributed by atoms with Crippen LogP contribution in [0.25, 0.3) is 0 Å².